The normalized spacial score (nSPS) is 12.3. The summed E-state index contributed by atoms with van der Waals surface area (Å²) in [5, 5.41) is 16.9. The number of hydrogen-bond acceptors (Lipinski definition) is 2. The molecule has 0 fully saturated rings. The van der Waals surface area contributed by atoms with Crippen molar-refractivity contribution in [1.29, 1.82) is 5.26 Å². The molecule has 66 valence electrons. The van der Waals surface area contributed by atoms with E-state index in [0.29, 0.717) is 0 Å². The molecular weight excluding hydrogens is 170 g/mol. The maximum Gasteiger partial charge on any atom is 0.346 e. The molecule has 0 saturated carbocycles. The highest BCUT2D eigenvalue weighted by Crippen LogP contribution is 2.10. The summed E-state index contributed by atoms with van der Waals surface area (Å²) < 4.78 is 0. The van der Waals surface area contributed by atoms with E-state index in [2.05, 4.69) is 19.6 Å². The minimum atomic E-state index is -1.27. The molecule has 0 spiro atoms. The molecule has 4 heteroatoms. The minimum absolute atomic E-state index is 0.141. The molecule has 0 saturated heterocycles. The Labute approximate surface area is 73.3 Å². The molecule has 0 aliphatic rings. The van der Waals surface area contributed by atoms with Crippen LogP contribution in [0.25, 0.3) is 0 Å². The van der Waals surface area contributed by atoms with Crippen LogP contribution in [0.15, 0.2) is 11.6 Å². The van der Waals surface area contributed by atoms with E-state index in [1.165, 1.54) is 6.08 Å². The summed E-state index contributed by atoms with van der Waals surface area (Å²) in [7, 11) is -1.27. The summed E-state index contributed by atoms with van der Waals surface area (Å²) in [6.07, 6.45) is 1.52. The molecule has 12 heavy (non-hydrogen) atoms. The number of allylic oxidation sites excluding steroid dienone is 1. The zero-order valence-electron chi connectivity index (χ0n) is 7.59. The Hall–Kier alpha value is -1.08. The predicted octanol–water partition coefficient (Wildman–Crippen LogP) is 1.86. The summed E-state index contributed by atoms with van der Waals surface area (Å²) in [6.45, 7) is 6.38. The van der Waals surface area contributed by atoms with Crippen molar-refractivity contribution in [2.45, 2.75) is 25.7 Å². The number of carboxylic acid groups (broad SMARTS) is 1. The molecule has 0 bridgehead atoms. The van der Waals surface area contributed by atoms with Gasteiger partial charge in [-0.25, -0.2) is 4.79 Å². The van der Waals surface area contributed by atoms with Crippen molar-refractivity contribution in [2.24, 2.45) is 0 Å². The molecule has 0 amide bonds. The standard InChI is InChI=1S/C8H13NO2Si/c1-12(2,3)5-4-7(6-9)8(10)11/h4H,5H2,1-3H3,(H,10,11). The summed E-state index contributed by atoms with van der Waals surface area (Å²) in [5.41, 5.74) is -0.141. The molecule has 0 aliphatic heterocycles. The molecule has 0 aromatic carbocycles. The van der Waals surface area contributed by atoms with Gasteiger partial charge >= 0.3 is 5.97 Å². The van der Waals surface area contributed by atoms with Gasteiger partial charge in [0.1, 0.15) is 11.6 Å². The van der Waals surface area contributed by atoms with Gasteiger partial charge in [-0.3, -0.25) is 0 Å². The molecule has 0 aliphatic carbocycles. The fourth-order valence-electron chi connectivity index (χ4n) is 0.589. The van der Waals surface area contributed by atoms with Crippen LogP contribution in [0.1, 0.15) is 0 Å². The average molecular weight is 183 g/mol. The van der Waals surface area contributed by atoms with E-state index in [1.54, 1.807) is 6.07 Å². The van der Waals surface area contributed by atoms with Gasteiger partial charge in [0.25, 0.3) is 0 Å². The maximum absolute atomic E-state index is 10.4. The van der Waals surface area contributed by atoms with Crippen LogP contribution in [-0.4, -0.2) is 19.1 Å². The number of aliphatic carboxylic acids is 1. The molecule has 0 heterocycles. The number of carboxylic acids is 1. The van der Waals surface area contributed by atoms with Gasteiger partial charge in [-0.1, -0.05) is 25.7 Å². The van der Waals surface area contributed by atoms with Crippen LogP contribution in [-0.2, 0) is 4.79 Å². The fraction of sp³-hybridized carbons (Fsp3) is 0.500. The second-order valence-electron chi connectivity index (χ2n) is 3.80. The lowest BCUT2D eigenvalue weighted by Gasteiger charge is -2.11. The van der Waals surface area contributed by atoms with Gasteiger partial charge in [0.15, 0.2) is 0 Å². The first kappa shape index (κ1) is 10.9. The Bertz CT molecular complexity index is 245. The third-order valence-electron chi connectivity index (χ3n) is 1.27. The number of nitriles is 1. The molecule has 0 atom stereocenters. The van der Waals surface area contributed by atoms with E-state index in [-0.39, 0.29) is 5.57 Å². The Morgan fingerprint density at radius 1 is 1.58 bits per heavy atom. The third-order valence-corrected chi connectivity index (χ3v) is 2.70. The van der Waals surface area contributed by atoms with E-state index in [0.717, 1.165) is 6.04 Å². The highest BCUT2D eigenvalue weighted by molar-refractivity contribution is 6.76. The number of nitrogens with zero attached hydrogens (tertiary/aromatic N) is 1. The van der Waals surface area contributed by atoms with Crippen molar-refractivity contribution in [2.75, 3.05) is 0 Å². The molecule has 0 aromatic rings. The van der Waals surface area contributed by atoms with Crippen LogP contribution in [0.5, 0.6) is 0 Å². The summed E-state index contributed by atoms with van der Waals surface area (Å²) in [6, 6.07) is 2.40. The number of hydrogen-bond donors (Lipinski definition) is 1. The third kappa shape index (κ3) is 4.69. The van der Waals surface area contributed by atoms with Gasteiger partial charge in [-0.15, -0.1) is 0 Å². The van der Waals surface area contributed by atoms with Crippen LogP contribution < -0.4 is 0 Å². The van der Waals surface area contributed by atoms with E-state index in [1.807, 2.05) is 0 Å². The van der Waals surface area contributed by atoms with Gasteiger partial charge < -0.3 is 5.11 Å². The van der Waals surface area contributed by atoms with Crippen LogP contribution in [0.2, 0.25) is 25.7 Å². The van der Waals surface area contributed by atoms with Crippen molar-refractivity contribution >= 4 is 14.0 Å². The number of rotatable bonds is 3. The van der Waals surface area contributed by atoms with Gasteiger partial charge in [-0.05, 0) is 6.04 Å². The summed E-state index contributed by atoms with van der Waals surface area (Å²) in [4.78, 5) is 10.4. The Kier molecular flexibility index (Phi) is 3.70. The average Bonchev–Trinajstić information content (AvgIpc) is 1.85. The van der Waals surface area contributed by atoms with Crippen molar-refractivity contribution in [3.63, 3.8) is 0 Å². The lowest BCUT2D eigenvalue weighted by atomic mass is 10.3. The van der Waals surface area contributed by atoms with Gasteiger partial charge in [0.05, 0.1) is 0 Å². The first-order chi connectivity index (χ1) is 5.37. The van der Waals surface area contributed by atoms with E-state index in [4.69, 9.17) is 10.4 Å². The Morgan fingerprint density at radius 3 is 2.33 bits per heavy atom. The van der Waals surface area contributed by atoms with Crippen LogP contribution in [0.3, 0.4) is 0 Å². The molecule has 0 radical (unpaired) electrons. The smallest absolute Gasteiger partial charge is 0.346 e. The second-order valence-corrected chi connectivity index (χ2v) is 9.33. The Morgan fingerprint density at radius 2 is 2.08 bits per heavy atom. The molecule has 3 nitrogen and oxygen atoms in total. The molecule has 0 rings (SSSR count). The molecular formula is C8H13NO2Si. The monoisotopic (exact) mass is 183 g/mol. The van der Waals surface area contributed by atoms with Crippen LogP contribution >= 0.6 is 0 Å². The van der Waals surface area contributed by atoms with Crippen molar-refractivity contribution in [3.8, 4) is 6.07 Å². The van der Waals surface area contributed by atoms with Crippen molar-refractivity contribution in [3.05, 3.63) is 11.6 Å². The SMILES string of the molecule is C[Si](C)(C)CC=C(C#N)C(=O)O. The van der Waals surface area contributed by atoms with Crippen LogP contribution in [0.4, 0.5) is 0 Å². The van der Waals surface area contributed by atoms with Crippen molar-refractivity contribution < 1.29 is 9.90 Å². The Balaban J connectivity index is 4.36. The van der Waals surface area contributed by atoms with E-state index in [9.17, 15) is 4.79 Å². The lowest BCUT2D eigenvalue weighted by molar-refractivity contribution is -0.132. The first-order valence-corrected chi connectivity index (χ1v) is 7.41. The van der Waals surface area contributed by atoms with E-state index < -0.39 is 14.0 Å². The quantitative estimate of drug-likeness (QED) is 0.412. The van der Waals surface area contributed by atoms with Gasteiger partial charge in [-0.2, -0.15) is 5.26 Å². The molecule has 1 N–H and O–H groups in total. The minimum Gasteiger partial charge on any atom is -0.477 e. The highest BCUT2D eigenvalue weighted by Gasteiger charge is 2.13. The molecule has 0 aromatic heterocycles. The predicted molar refractivity (Wildman–Crippen MR) is 49.5 cm³/mol. The zero-order valence-corrected chi connectivity index (χ0v) is 8.59. The second kappa shape index (κ2) is 4.07. The largest absolute Gasteiger partial charge is 0.477 e. The first-order valence-electron chi connectivity index (χ1n) is 3.70. The maximum atomic E-state index is 10.4. The zero-order chi connectivity index (χ0) is 9.78. The lowest BCUT2D eigenvalue weighted by Crippen LogP contribution is -2.18. The van der Waals surface area contributed by atoms with Crippen LogP contribution in [0, 0.1) is 11.3 Å². The number of carbonyl (C=O) groups is 1. The highest BCUT2D eigenvalue weighted by atomic mass is 28.3. The van der Waals surface area contributed by atoms with Gasteiger partial charge in [0, 0.05) is 8.07 Å². The van der Waals surface area contributed by atoms with E-state index >= 15 is 0 Å². The van der Waals surface area contributed by atoms with Gasteiger partial charge in [0.2, 0.25) is 0 Å². The summed E-state index contributed by atoms with van der Waals surface area (Å²) >= 11 is 0. The fourth-order valence-corrected chi connectivity index (χ4v) is 1.41. The molecule has 0 unspecified atom stereocenters. The van der Waals surface area contributed by atoms with Crippen molar-refractivity contribution in [1.82, 2.24) is 0 Å². The topological polar surface area (TPSA) is 61.1 Å². The summed E-state index contributed by atoms with van der Waals surface area (Å²) in [5.74, 6) is -1.13.